The van der Waals surface area contributed by atoms with Crippen LogP contribution >= 0.6 is 12.6 Å². The van der Waals surface area contributed by atoms with E-state index in [2.05, 4.69) is 17.6 Å². The fourth-order valence-corrected chi connectivity index (χ4v) is 1.87. The number of aromatic nitrogens is 1. The lowest BCUT2D eigenvalue weighted by Gasteiger charge is -2.10. The molecule has 108 valence electrons. The van der Waals surface area contributed by atoms with Gasteiger partial charge in [0.25, 0.3) is 5.69 Å². The van der Waals surface area contributed by atoms with E-state index in [1.807, 2.05) is 6.92 Å². The van der Waals surface area contributed by atoms with Gasteiger partial charge in [-0.15, -0.1) is 12.6 Å². The molecular weight excluding hydrogens is 295 g/mol. The van der Waals surface area contributed by atoms with Crippen molar-refractivity contribution in [3.63, 3.8) is 0 Å². The first-order valence-electron chi connectivity index (χ1n) is 5.95. The van der Waals surface area contributed by atoms with Gasteiger partial charge in [0.1, 0.15) is 5.75 Å². The van der Waals surface area contributed by atoms with Crippen molar-refractivity contribution in [1.82, 2.24) is 4.98 Å². The number of benzene rings is 1. The van der Waals surface area contributed by atoms with Gasteiger partial charge in [-0.05, 0) is 19.1 Å². The van der Waals surface area contributed by atoms with Crippen LogP contribution in [0.2, 0.25) is 0 Å². The maximum absolute atomic E-state index is 13.8. The molecule has 1 aromatic carbocycles. The predicted octanol–water partition coefficient (Wildman–Crippen LogP) is 4.24. The number of allylic oxidation sites excluding steroid dienone is 1. The topological polar surface area (TPSA) is 65.3 Å². The normalized spacial score (nSPS) is 10.8. The second kappa shape index (κ2) is 6.36. The number of hydrogen-bond acceptors (Lipinski definition) is 5. The summed E-state index contributed by atoms with van der Waals surface area (Å²) in [6.45, 7) is 1.83. The molecule has 0 fully saturated rings. The Hall–Kier alpha value is -2.41. The van der Waals surface area contributed by atoms with Crippen LogP contribution in [-0.4, -0.2) is 9.91 Å². The highest BCUT2D eigenvalue weighted by atomic mass is 32.1. The zero-order valence-electron chi connectivity index (χ0n) is 11.0. The summed E-state index contributed by atoms with van der Waals surface area (Å²) in [5.74, 6) is -0.621. The number of halogens is 1. The number of hydrogen-bond donors (Lipinski definition) is 1. The number of nitro benzene ring substituents is 1. The second-order valence-electron chi connectivity index (χ2n) is 4.02. The lowest BCUT2D eigenvalue weighted by molar-refractivity contribution is -0.385. The Morgan fingerprint density at radius 1 is 1.38 bits per heavy atom. The first kappa shape index (κ1) is 15.0. The van der Waals surface area contributed by atoms with Gasteiger partial charge < -0.3 is 4.74 Å². The van der Waals surface area contributed by atoms with Crippen LogP contribution in [0, 0.1) is 15.9 Å². The molecule has 21 heavy (non-hydrogen) atoms. The van der Waals surface area contributed by atoms with Gasteiger partial charge >= 0.3 is 0 Å². The quantitative estimate of drug-likeness (QED) is 0.521. The van der Waals surface area contributed by atoms with Crippen molar-refractivity contribution in [2.45, 2.75) is 11.8 Å². The molecule has 7 heteroatoms. The van der Waals surface area contributed by atoms with Crippen LogP contribution in [0.4, 0.5) is 10.1 Å². The number of nitrogens with zero attached hydrogens (tertiary/aromatic N) is 2. The molecule has 0 saturated heterocycles. The summed E-state index contributed by atoms with van der Waals surface area (Å²) in [6.07, 6.45) is 5.04. The molecule has 0 saturated carbocycles. The van der Waals surface area contributed by atoms with Gasteiger partial charge in [0.15, 0.2) is 11.6 Å². The van der Waals surface area contributed by atoms with Gasteiger partial charge in [0, 0.05) is 18.3 Å². The molecule has 1 aromatic heterocycles. The first-order valence-corrected chi connectivity index (χ1v) is 6.40. The van der Waals surface area contributed by atoms with Crippen LogP contribution in [0.25, 0.3) is 6.08 Å². The van der Waals surface area contributed by atoms with Gasteiger partial charge in [0.05, 0.1) is 21.6 Å². The molecule has 2 rings (SSSR count). The second-order valence-corrected chi connectivity index (χ2v) is 4.46. The van der Waals surface area contributed by atoms with Gasteiger partial charge in [-0.25, -0.2) is 4.39 Å². The van der Waals surface area contributed by atoms with Crippen molar-refractivity contribution in [1.29, 1.82) is 0 Å². The maximum Gasteiger partial charge on any atom is 0.272 e. The Bertz CT molecular complexity index is 719. The monoisotopic (exact) mass is 306 g/mol. The summed E-state index contributed by atoms with van der Waals surface area (Å²) in [6, 6.07) is 4.72. The van der Waals surface area contributed by atoms with Crippen LogP contribution < -0.4 is 4.74 Å². The van der Waals surface area contributed by atoms with Crippen molar-refractivity contribution in [2.24, 2.45) is 0 Å². The predicted molar refractivity (Wildman–Crippen MR) is 79.3 cm³/mol. The van der Waals surface area contributed by atoms with E-state index in [4.69, 9.17) is 4.74 Å². The van der Waals surface area contributed by atoms with Crippen LogP contribution in [0.5, 0.6) is 11.5 Å². The summed E-state index contributed by atoms with van der Waals surface area (Å²) in [4.78, 5) is 14.4. The Kier molecular flexibility index (Phi) is 4.54. The van der Waals surface area contributed by atoms with Crippen LogP contribution in [0.1, 0.15) is 12.6 Å². The maximum atomic E-state index is 13.8. The summed E-state index contributed by atoms with van der Waals surface area (Å²) >= 11 is 4.29. The molecular formula is C14H11FN2O3S. The molecule has 0 atom stereocenters. The molecule has 0 aliphatic carbocycles. The zero-order valence-corrected chi connectivity index (χ0v) is 11.9. The third-order valence-corrected chi connectivity index (χ3v) is 3.04. The minimum atomic E-state index is -0.818. The van der Waals surface area contributed by atoms with Crippen molar-refractivity contribution in [2.75, 3.05) is 0 Å². The molecule has 5 nitrogen and oxygen atoms in total. The van der Waals surface area contributed by atoms with Crippen molar-refractivity contribution in [3.8, 4) is 11.5 Å². The highest BCUT2D eigenvalue weighted by Gasteiger charge is 2.14. The zero-order chi connectivity index (χ0) is 15.4. The van der Waals surface area contributed by atoms with E-state index < -0.39 is 10.7 Å². The number of pyridine rings is 1. The van der Waals surface area contributed by atoms with Gasteiger partial charge in [-0.3, -0.25) is 15.1 Å². The molecule has 0 unspecified atom stereocenters. The molecule has 0 amide bonds. The van der Waals surface area contributed by atoms with Crippen molar-refractivity contribution in [3.05, 3.63) is 58.2 Å². The summed E-state index contributed by atoms with van der Waals surface area (Å²) in [7, 11) is 0. The van der Waals surface area contributed by atoms with E-state index in [1.54, 1.807) is 12.2 Å². The summed E-state index contributed by atoms with van der Waals surface area (Å²) < 4.78 is 19.2. The number of ether oxygens (including phenoxy) is 1. The SMILES string of the molecule is C/C=C/c1nccc(Oc2ccc([N+](=O)[O-])cc2F)c1S. The summed E-state index contributed by atoms with van der Waals surface area (Å²) in [5, 5.41) is 10.6. The van der Waals surface area contributed by atoms with E-state index in [0.717, 1.165) is 6.07 Å². The van der Waals surface area contributed by atoms with Crippen molar-refractivity contribution < 1.29 is 14.1 Å². The lowest BCUT2D eigenvalue weighted by Crippen LogP contribution is -1.94. The average molecular weight is 306 g/mol. The first-order chi connectivity index (χ1) is 10.0. The molecule has 1 heterocycles. The minimum Gasteiger partial charge on any atom is -0.453 e. The molecule has 0 aliphatic heterocycles. The van der Waals surface area contributed by atoms with E-state index in [9.17, 15) is 14.5 Å². The summed E-state index contributed by atoms with van der Waals surface area (Å²) in [5.41, 5.74) is 0.246. The van der Waals surface area contributed by atoms with Crippen LogP contribution in [0.15, 0.2) is 41.4 Å². The Labute approximate surface area is 125 Å². The van der Waals surface area contributed by atoms with E-state index >= 15 is 0 Å². The molecule has 0 radical (unpaired) electrons. The van der Waals surface area contributed by atoms with E-state index in [0.29, 0.717) is 16.3 Å². The Balaban J connectivity index is 2.34. The van der Waals surface area contributed by atoms with Gasteiger partial charge in [-0.2, -0.15) is 0 Å². The molecule has 0 bridgehead atoms. The fraction of sp³-hybridized carbons (Fsp3) is 0.0714. The molecule has 0 aliphatic rings. The number of thiol groups is 1. The Morgan fingerprint density at radius 2 is 2.14 bits per heavy atom. The Morgan fingerprint density at radius 3 is 2.76 bits per heavy atom. The third-order valence-electron chi connectivity index (χ3n) is 2.59. The van der Waals surface area contributed by atoms with Crippen molar-refractivity contribution >= 4 is 24.4 Å². The lowest BCUT2D eigenvalue weighted by atomic mass is 10.3. The number of nitro groups is 1. The van der Waals surface area contributed by atoms with Gasteiger partial charge in [0.2, 0.25) is 0 Å². The molecule has 0 spiro atoms. The van der Waals surface area contributed by atoms with Crippen LogP contribution in [-0.2, 0) is 0 Å². The smallest absolute Gasteiger partial charge is 0.272 e. The fourth-order valence-electron chi connectivity index (χ4n) is 1.62. The average Bonchev–Trinajstić information content (AvgIpc) is 2.45. The number of non-ortho nitro benzene ring substituents is 1. The van der Waals surface area contributed by atoms with E-state index in [-0.39, 0.29) is 11.4 Å². The van der Waals surface area contributed by atoms with Crippen LogP contribution in [0.3, 0.4) is 0 Å². The largest absolute Gasteiger partial charge is 0.453 e. The highest BCUT2D eigenvalue weighted by Crippen LogP contribution is 2.32. The number of rotatable bonds is 4. The molecule has 0 N–H and O–H groups in total. The van der Waals surface area contributed by atoms with Gasteiger partial charge in [-0.1, -0.05) is 6.08 Å². The van der Waals surface area contributed by atoms with E-state index in [1.165, 1.54) is 24.4 Å². The minimum absolute atomic E-state index is 0.117. The molecule has 2 aromatic rings. The standard InChI is InChI=1S/C14H11FN2O3S/c1-2-3-11-14(21)13(6-7-16-11)20-12-5-4-9(17(18)19)8-10(12)15/h2-8,21H,1H3/b3-2+. The highest BCUT2D eigenvalue weighted by molar-refractivity contribution is 7.80. The third kappa shape index (κ3) is 3.38.